The van der Waals surface area contributed by atoms with Crippen molar-refractivity contribution in [2.24, 2.45) is 0 Å². The van der Waals surface area contributed by atoms with Crippen molar-refractivity contribution in [1.82, 2.24) is 9.78 Å². The fourth-order valence-electron chi connectivity index (χ4n) is 2.66. The van der Waals surface area contributed by atoms with Crippen LogP contribution in [0.25, 0.3) is 6.08 Å². The molecule has 0 saturated carbocycles. The molecule has 2 aromatic carbocycles. The van der Waals surface area contributed by atoms with E-state index in [-0.39, 0.29) is 5.57 Å². The van der Waals surface area contributed by atoms with Gasteiger partial charge in [0.1, 0.15) is 24.0 Å². The molecule has 5 nitrogen and oxygen atoms in total. The summed E-state index contributed by atoms with van der Waals surface area (Å²) in [5.41, 5.74) is 3.17. The monoisotopic (exact) mass is 391 g/mol. The van der Waals surface area contributed by atoms with Crippen LogP contribution >= 0.6 is 11.6 Å². The summed E-state index contributed by atoms with van der Waals surface area (Å²) >= 11 is 5.87. The van der Waals surface area contributed by atoms with Crippen LogP contribution in [0.2, 0.25) is 5.02 Å². The number of nitriles is 1. The summed E-state index contributed by atoms with van der Waals surface area (Å²) in [6, 6.07) is 18.4. The van der Waals surface area contributed by atoms with Gasteiger partial charge in [0.2, 0.25) is 0 Å². The Bertz CT molecular complexity index is 1060. The molecule has 28 heavy (non-hydrogen) atoms. The predicted molar refractivity (Wildman–Crippen MR) is 108 cm³/mol. The number of halogens is 1. The van der Waals surface area contributed by atoms with Gasteiger partial charge in [-0.15, -0.1) is 0 Å². The third-order valence-corrected chi connectivity index (χ3v) is 4.31. The lowest BCUT2D eigenvalue weighted by atomic mass is 10.1. The SMILES string of the molecule is Cc1cc(C)n(C(=O)/C(C#N)=C/c2ccc(OCc3ccc(Cl)cc3)cc2)n1. The highest BCUT2D eigenvalue weighted by Crippen LogP contribution is 2.18. The van der Waals surface area contributed by atoms with Gasteiger partial charge in [-0.05, 0) is 61.4 Å². The molecule has 0 aliphatic carbocycles. The van der Waals surface area contributed by atoms with Crippen molar-refractivity contribution in [1.29, 1.82) is 5.26 Å². The van der Waals surface area contributed by atoms with Gasteiger partial charge in [0.15, 0.2) is 0 Å². The maximum Gasteiger partial charge on any atom is 0.289 e. The number of nitrogens with zero attached hydrogens (tertiary/aromatic N) is 3. The second-order valence-electron chi connectivity index (χ2n) is 6.30. The lowest BCUT2D eigenvalue weighted by Gasteiger charge is -2.07. The summed E-state index contributed by atoms with van der Waals surface area (Å²) < 4.78 is 6.99. The third kappa shape index (κ3) is 4.67. The van der Waals surface area contributed by atoms with Gasteiger partial charge in [-0.25, -0.2) is 4.68 Å². The summed E-state index contributed by atoms with van der Waals surface area (Å²) in [6.45, 7) is 4.00. The zero-order valence-electron chi connectivity index (χ0n) is 15.5. The number of ether oxygens (including phenoxy) is 1. The molecular weight excluding hydrogens is 374 g/mol. The summed E-state index contributed by atoms with van der Waals surface area (Å²) in [5, 5.41) is 14.2. The molecule has 0 aliphatic rings. The minimum absolute atomic E-state index is 0.0148. The van der Waals surface area contributed by atoms with Crippen molar-refractivity contribution in [2.75, 3.05) is 0 Å². The molecule has 1 heterocycles. The standard InChI is InChI=1S/C22H18ClN3O2/c1-15-11-16(2)26(25-15)22(27)19(13-24)12-17-5-9-21(10-6-17)28-14-18-3-7-20(23)8-4-18/h3-12H,14H2,1-2H3/b19-12+. The summed E-state index contributed by atoms with van der Waals surface area (Å²) in [4.78, 5) is 12.5. The number of benzene rings is 2. The van der Waals surface area contributed by atoms with Gasteiger partial charge in [-0.3, -0.25) is 4.79 Å². The molecule has 6 heteroatoms. The molecule has 0 saturated heterocycles. The van der Waals surface area contributed by atoms with Gasteiger partial charge in [-0.2, -0.15) is 10.4 Å². The topological polar surface area (TPSA) is 67.9 Å². The fraction of sp³-hybridized carbons (Fsp3) is 0.136. The Morgan fingerprint density at radius 1 is 1.18 bits per heavy atom. The molecule has 0 bridgehead atoms. The average molecular weight is 392 g/mol. The van der Waals surface area contributed by atoms with Crippen molar-refractivity contribution in [3.63, 3.8) is 0 Å². The molecule has 0 unspecified atom stereocenters. The minimum atomic E-state index is -0.448. The number of rotatable bonds is 5. The van der Waals surface area contributed by atoms with Gasteiger partial charge in [0.05, 0.1) is 5.69 Å². The number of allylic oxidation sites excluding steroid dienone is 1. The second kappa shape index (κ2) is 8.55. The van der Waals surface area contributed by atoms with Crippen LogP contribution in [0.1, 0.15) is 27.3 Å². The number of carbonyl (C=O) groups excluding carboxylic acids is 1. The molecule has 1 aromatic heterocycles. The predicted octanol–water partition coefficient (Wildman–Crippen LogP) is 4.98. The number of aromatic nitrogens is 2. The molecule has 0 radical (unpaired) electrons. The first-order valence-electron chi connectivity index (χ1n) is 8.63. The minimum Gasteiger partial charge on any atom is -0.489 e. The van der Waals surface area contributed by atoms with Crippen LogP contribution < -0.4 is 4.74 Å². The van der Waals surface area contributed by atoms with Crippen molar-refractivity contribution in [3.05, 3.63) is 87.7 Å². The zero-order valence-corrected chi connectivity index (χ0v) is 16.3. The van der Waals surface area contributed by atoms with Crippen LogP contribution in [0.15, 0.2) is 60.2 Å². The van der Waals surface area contributed by atoms with E-state index in [2.05, 4.69) is 5.10 Å². The van der Waals surface area contributed by atoms with Crippen LogP contribution in [0.3, 0.4) is 0 Å². The number of hydrogen-bond donors (Lipinski definition) is 0. The Labute approximate surface area is 168 Å². The Balaban J connectivity index is 1.71. The first-order valence-corrected chi connectivity index (χ1v) is 9.01. The Hall–Kier alpha value is -3.36. The largest absolute Gasteiger partial charge is 0.489 e. The average Bonchev–Trinajstić information content (AvgIpc) is 3.04. The van der Waals surface area contributed by atoms with E-state index >= 15 is 0 Å². The Morgan fingerprint density at radius 3 is 2.43 bits per heavy atom. The number of aryl methyl sites for hydroxylation is 2. The fourth-order valence-corrected chi connectivity index (χ4v) is 2.79. The molecule has 0 N–H and O–H groups in total. The van der Waals surface area contributed by atoms with Crippen molar-refractivity contribution in [3.8, 4) is 11.8 Å². The van der Waals surface area contributed by atoms with E-state index in [1.54, 1.807) is 50.3 Å². The molecular formula is C22H18ClN3O2. The zero-order chi connectivity index (χ0) is 20.1. The van der Waals surface area contributed by atoms with Crippen molar-refractivity contribution < 1.29 is 9.53 Å². The van der Waals surface area contributed by atoms with E-state index in [4.69, 9.17) is 16.3 Å². The van der Waals surface area contributed by atoms with E-state index in [0.717, 1.165) is 16.8 Å². The normalized spacial score (nSPS) is 11.1. The molecule has 0 aliphatic heterocycles. The van der Waals surface area contributed by atoms with Gasteiger partial charge in [0, 0.05) is 10.7 Å². The lowest BCUT2D eigenvalue weighted by molar-refractivity contribution is 0.0943. The second-order valence-corrected chi connectivity index (χ2v) is 6.73. The van der Waals surface area contributed by atoms with Gasteiger partial charge < -0.3 is 4.74 Å². The smallest absolute Gasteiger partial charge is 0.289 e. The number of carbonyl (C=O) groups is 1. The highest BCUT2D eigenvalue weighted by Gasteiger charge is 2.15. The maximum absolute atomic E-state index is 12.5. The molecule has 140 valence electrons. The highest BCUT2D eigenvalue weighted by atomic mass is 35.5. The highest BCUT2D eigenvalue weighted by molar-refractivity contribution is 6.30. The van der Waals surface area contributed by atoms with E-state index in [0.29, 0.717) is 23.1 Å². The Kier molecular flexibility index (Phi) is 5.93. The van der Waals surface area contributed by atoms with Gasteiger partial charge in [-0.1, -0.05) is 35.9 Å². The maximum atomic E-state index is 12.5. The number of hydrogen-bond acceptors (Lipinski definition) is 4. The van der Waals surface area contributed by atoms with Crippen molar-refractivity contribution >= 4 is 23.6 Å². The van der Waals surface area contributed by atoms with Crippen molar-refractivity contribution in [2.45, 2.75) is 20.5 Å². The van der Waals surface area contributed by atoms with Crippen LogP contribution in [-0.4, -0.2) is 15.7 Å². The van der Waals surface area contributed by atoms with E-state index in [9.17, 15) is 10.1 Å². The molecule has 0 amide bonds. The molecule has 0 fully saturated rings. The molecule has 3 rings (SSSR count). The van der Waals surface area contributed by atoms with Crippen LogP contribution in [0, 0.1) is 25.2 Å². The molecule has 3 aromatic rings. The third-order valence-electron chi connectivity index (χ3n) is 4.06. The first kappa shape index (κ1) is 19.4. The van der Waals surface area contributed by atoms with E-state index < -0.39 is 5.91 Å². The first-order chi connectivity index (χ1) is 13.5. The van der Waals surface area contributed by atoms with Gasteiger partial charge in [0.25, 0.3) is 5.91 Å². The summed E-state index contributed by atoms with van der Waals surface area (Å²) in [7, 11) is 0. The summed E-state index contributed by atoms with van der Waals surface area (Å²) in [5.74, 6) is 0.242. The Morgan fingerprint density at radius 2 is 1.86 bits per heavy atom. The van der Waals surface area contributed by atoms with Crippen LogP contribution in [0.4, 0.5) is 0 Å². The molecule has 0 spiro atoms. The lowest BCUT2D eigenvalue weighted by Crippen LogP contribution is -2.15. The van der Waals surface area contributed by atoms with Crippen LogP contribution in [-0.2, 0) is 6.61 Å². The van der Waals surface area contributed by atoms with Gasteiger partial charge >= 0.3 is 0 Å². The van der Waals surface area contributed by atoms with E-state index in [1.165, 1.54) is 4.68 Å². The van der Waals surface area contributed by atoms with E-state index in [1.807, 2.05) is 30.3 Å². The summed E-state index contributed by atoms with van der Waals surface area (Å²) in [6.07, 6.45) is 1.54. The quantitative estimate of drug-likeness (QED) is 0.454. The van der Waals surface area contributed by atoms with Crippen LogP contribution in [0.5, 0.6) is 5.75 Å². The molecule has 0 atom stereocenters.